The van der Waals surface area contributed by atoms with Crippen molar-refractivity contribution < 1.29 is 14.3 Å². The highest BCUT2D eigenvalue weighted by molar-refractivity contribution is 9.10. The van der Waals surface area contributed by atoms with E-state index in [1.54, 1.807) is 12.1 Å². The van der Waals surface area contributed by atoms with Crippen LogP contribution in [0.15, 0.2) is 52.5 Å². The second-order valence-corrected chi connectivity index (χ2v) is 5.05. The van der Waals surface area contributed by atoms with Crippen molar-refractivity contribution in [1.29, 1.82) is 0 Å². The van der Waals surface area contributed by atoms with Gasteiger partial charge in [-0.1, -0.05) is 28.1 Å². The van der Waals surface area contributed by atoms with Gasteiger partial charge in [0.25, 0.3) is 0 Å². The topological polar surface area (TPSA) is 99.6 Å². The molecule has 0 spiro atoms. The minimum Gasteiger partial charge on any atom is -0.464 e. The van der Waals surface area contributed by atoms with Crippen LogP contribution in [-0.2, 0) is 9.53 Å². The van der Waals surface area contributed by atoms with Gasteiger partial charge in [0.1, 0.15) is 5.75 Å². The number of benzene rings is 2. The summed E-state index contributed by atoms with van der Waals surface area (Å²) in [7, 11) is 1.22. The quantitative estimate of drug-likeness (QED) is 0.255. The van der Waals surface area contributed by atoms with E-state index >= 15 is 0 Å². The van der Waals surface area contributed by atoms with E-state index in [0.717, 1.165) is 15.2 Å². The molecule has 5 N–H and O–H groups in total. The summed E-state index contributed by atoms with van der Waals surface area (Å²) in [4.78, 5) is 11.4. The summed E-state index contributed by atoms with van der Waals surface area (Å²) >= 11 is 3.41. The number of hydrazine groups is 1. The summed E-state index contributed by atoms with van der Waals surface area (Å²) in [5.74, 6) is 4.85. The van der Waals surface area contributed by atoms with Gasteiger partial charge in [-0.15, -0.1) is 0 Å². The third-order valence-electron chi connectivity index (χ3n) is 2.78. The summed E-state index contributed by atoms with van der Waals surface area (Å²) in [6.07, 6.45) is 0. The van der Waals surface area contributed by atoms with Gasteiger partial charge in [-0.3, -0.25) is 5.84 Å². The van der Waals surface area contributed by atoms with Gasteiger partial charge in [-0.25, -0.2) is 4.79 Å². The number of rotatable bonds is 4. The standard InChI is InChI=1S/C14H14BrN3O3/c1-20-14(19)12(18-17)13(16)21-11-5-3-8-6-10(15)4-2-9(8)7-11/h2-7,18H,16-17H2,1H3/b13-12+. The smallest absolute Gasteiger partial charge is 0.361 e. The Morgan fingerprint density at radius 2 is 1.86 bits per heavy atom. The van der Waals surface area contributed by atoms with E-state index in [0.29, 0.717) is 5.75 Å². The van der Waals surface area contributed by atoms with Crippen LogP contribution < -0.4 is 21.7 Å². The summed E-state index contributed by atoms with van der Waals surface area (Å²) in [5, 5.41) is 2.02. The van der Waals surface area contributed by atoms with Crippen molar-refractivity contribution in [3.63, 3.8) is 0 Å². The molecule has 7 heteroatoms. The number of hydrogen-bond donors (Lipinski definition) is 3. The van der Waals surface area contributed by atoms with Crippen LogP contribution >= 0.6 is 15.9 Å². The number of hydrogen-bond acceptors (Lipinski definition) is 6. The van der Waals surface area contributed by atoms with E-state index in [1.165, 1.54) is 7.11 Å². The van der Waals surface area contributed by atoms with E-state index < -0.39 is 5.97 Å². The first kappa shape index (κ1) is 15.1. The second-order valence-electron chi connectivity index (χ2n) is 4.13. The fraction of sp³-hybridized carbons (Fsp3) is 0.0714. The Labute approximate surface area is 129 Å². The first-order valence-electron chi connectivity index (χ1n) is 5.97. The highest BCUT2D eigenvalue weighted by Gasteiger charge is 2.15. The number of ether oxygens (including phenoxy) is 2. The summed E-state index contributed by atoms with van der Waals surface area (Å²) in [5.41, 5.74) is 7.73. The number of halogens is 1. The third kappa shape index (κ3) is 3.45. The Hall–Kier alpha value is -2.25. The van der Waals surface area contributed by atoms with Gasteiger partial charge >= 0.3 is 5.97 Å². The van der Waals surface area contributed by atoms with Crippen molar-refractivity contribution >= 4 is 32.7 Å². The molecule has 0 fully saturated rings. The molecule has 6 nitrogen and oxygen atoms in total. The molecule has 0 saturated carbocycles. The van der Waals surface area contributed by atoms with Crippen LogP contribution in [0.1, 0.15) is 0 Å². The molecule has 0 amide bonds. The van der Waals surface area contributed by atoms with Gasteiger partial charge in [0.15, 0.2) is 5.70 Å². The maximum Gasteiger partial charge on any atom is 0.361 e. The molecule has 0 saturated heterocycles. The summed E-state index contributed by atoms with van der Waals surface area (Å²) in [6, 6.07) is 11.3. The van der Waals surface area contributed by atoms with Gasteiger partial charge in [0.2, 0.25) is 5.88 Å². The zero-order chi connectivity index (χ0) is 15.4. The first-order valence-corrected chi connectivity index (χ1v) is 6.76. The lowest BCUT2D eigenvalue weighted by molar-refractivity contribution is -0.136. The fourth-order valence-electron chi connectivity index (χ4n) is 1.77. The Morgan fingerprint density at radius 1 is 1.19 bits per heavy atom. The molecule has 2 rings (SSSR count). The molecule has 0 heterocycles. The molecule has 0 aliphatic carbocycles. The molecule has 21 heavy (non-hydrogen) atoms. The van der Waals surface area contributed by atoms with Crippen LogP contribution in [0.4, 0.5) is 0 Å². The molecule has 110 valence electrons. The predicted octanol–water partition coefficient (Wildman–Crippen LogP) is 1.75. The minimum atomic E-state index is -0.709. The zero-order valence-electron chi connectivity index (χ0n) is 11.2. The van der Waals surface area contributed by atoms with Crippen molar-refractivity contribution in [3.8, 4) is 5.75 Å². The maximum absolute atomic E-state index is 11.4. The van der Waals surface area contributed by atoms with E-state index in [4.69, 9.17) is 16.3 Å². The average Bonchev–Trinajstić information content (AvgIpc) is 2.47. The molecule has 0 radical (unpaired) electrons. The highest BCUT2D eigenvalue weighted by atomic mass is 79.9. The fourth-order valence-corrected chi connectivity index (χ4v) is 2.15. The Balaban J connectivity index is 2.32. The van der Waals surface area contributed by atoms with Crippen molar-refractivity contribution in [1.82, 2.24) is 5.43 Å². The van der Waals surface area contributed by atoms with E-state index in [1.807, 2.05) is 24.3 Å². The summed E-state index contributed by atoms with van der Waals surface area (Å²) < 4.78 is 11.0. The van der Waals surface area contributed by atoms with Gasteiger partial charge in [0, 0.05) is 4.47 Å². The Kier molecular flexibility index (Phi) is 4.66. The van der Waals surface area contributed by atoms with Gasteiger partial charge < -0.3 is 20.6 Å². The number of carbonyl (C=O) groups is 1. The molecule has 0 unspecified atom stereocenters. The number of esters is 1. The third-order valence-corrected chi connectivity index (χ3v) is 3.28. The molecule has 2 aromatic carbocycles. The molecule has 0 atom stereocenters. The molecule has 0 aliphatic heterocycles. The molecule has 0 bridgehead atoms. The highest BCUT2D eigenvalue weighted by Crippen LogP contribution is 2.24. The van der Waals surface area contributed by atoms with Crippen LogP contribution in [0.5, 0.6) is 5.75 Å². The minimum absolute atomic E-state index is 0.145. The van der Waals surface area contributed by atoms with Crippen molar-refractivity contribution in [3.05, 3.63) is 52.5 Å². The van der Waals surface area contributed by atoms with Crippen LogP contribution in [0.25, 0.3) is 10.8 Å². The summed E-state index contributed by atoms with van der Waals surface area (Å²) in [6.45, 7) is 0. The number of nitrogens with one attached hydrogen (secondary N) is 1. The first-order chi connectivity index (χ1) is 10.0. The second kappa shape index (κ2) is 6.47. The van der Waals surface area contributed by atoms with Gasteiger partial charge in [0.05, 0.1) is 7.11 Å². The zero-order valence-corrected chi connectivity index (χ0v) is 12.8. The van der Waals surface area contributed by atoms with Crippen molar-refractivity contribution in [2.24, 2.45) is 11.6 Å². The lowest BCUT2D eigenvalue weighted by atomic mass is 10.1. The van der Waals surface area contributed by atoms with Gasteiger partial charge in [-0.2, -0.15) is 0 Å². The molecular formula is C14H14BrN3O3. The number of nitrogens with two attached hydrogens (primary N) is 2. The van der Waals surface area contributed by atoms with E-state index in [2.05, 4.69) is 26.1 Å². The van der Waals surface area contributed by atoms with Crippen LogP contribution in [0.2, 0.25) is 0 Å². The van der Waals surface area contributed by atoms with E-state index in [9.17, 15) is 4.79 Å². The molecule has 0 aliphatic rings. The van der Waals surface area contributed by atoms with Crippen LogP contribution in [0.3, 0.4) is 0 Å². The lowest BCUT2D eigenvalue weighted by Crippen LogP contribution is -2.32. The number of fused-ring (bicyclic) bond motifs is 1. The molecule has 2 aromatic rings. The van der Waals surface area contributed by atoms with Crippen LogP contribution in [0, 0.1) is 0 Å². The lowest BCUT2D eigenvalue weighted by Gasteiger charge is -2.11. The SMILES string of the molecule is COC(=O)/C(NN)=C(/N)Oc1ccc2cc(Br)ccc2c1. The Morgan fingerprint density at radius 3 is 2.52 bits per heavy atom. The van der Waals surface area contributed by atoms with Crippen molar-refractivity contribution in [2.45, 2.75) is 0 Å². The predicted molar refractivity (Wildman–Crippen MR) is 82.8 cm³/mol. The monoisotopic (exact) mass is 351 g/mol. The van der Waals surface area contributed by atoms with E-state index in [-0.39, 0.29) is 11.6 Å². The number of methoxy groups -OCH3 is 1. The van der Waals surface area contributed by atoms with Gasteiger partial charge in [-0.05, 0) is 35.0 Å². The normalized spacial score (nSPS) is 11.8. The largest absolute Gasteiger partial charge is 0.464 e. The molecular weight excluding hydrogens is 338 g/mol. The van der Waals surface area contributed by atoms with Crippen molar-refractivity contribution in [2.75, 3.05) is 7.11 Å². The maximum atomic E-state index is 11.4. The van der Waals surface area contributed by atoms with Crippen LogP contribution in [-0.4, -0.2) is 13.1 Å². The Bertz CT molecular complexity index is 716. The molecule has 0 aromatic heterocycles. The average molecular weight is 352 g/mol. The number of carbonyl (C=O) groups excluding carboxylic acids is 1.